The Morgan fingerprint density at radius 2 is 1.75 bits per heavy atom. The molecule has 0 fully saturated rings. The van der Waals surface area contributed by atoms with Crippen molar-refractivity contribution in [2.24, 2.45) is 0 Å². The number of hydrogen-bond donors (Lipinski definition) is 0. The van der Waals surface area contributed by atoms with Gasteiger partial charge in [0.25, 0.3) is 0 Å². The third-order valence-electron chi connectivity index (χ3n) is 2.65. The number of ether oxygens (including phenoxy) is 2. The molecule has 0 saturated carbocycles. The van der Waals surface area contributed by atoms with Crippen molar-refractivity contribution in [2.75, 3.05) is 0 Å². The van der Waals surface area contributed by atoms with Crippen molar-refractivity contribution in [2.45, 2.75) is 25.2 Å². The summed E-state index contributed by atoms with van der Waals surface area (Å²) in [5.74, 6) is -0.361. The first-order valence-electron chi connectivity index (χ1n) is 6.42. The second kappa shape index (κ2) is 8.88. The van der Waals surface area contributed by atoms with Crippen LogP contribution in [0.3, 0.4) is 0 Å². The topological polar surface area (TPSA) is 35.5 Å². The van der Waals surface area contributed by atoms with Crippen LogP contribution in [-0.4, -0.2) is 18.2 Å². The van der Waals surface area contributed by atoms with Crippen molar-refractivity contribution in [1.29, 1.82) is 0 Å². The van der Waals surface area contributed by atoms with E-state index >= 15 is 0 Å². The molecule has 0 unspecified atom stereocenters. The lowest BCUT2D eigenvalue weighted by Gasteiger charge is -2.22. The Morgan fingerprint density at radius 3 is 2.30 bits per heavy atom. The van der Waals surface area contributed by atoms with Crippen LogP contribution in [0.4, 0.5) is 0 Å². The standard InChI is InChI=1S/C17H20O3/c1-4-10-17(18)20-16(6-3)15(5-2)19-13-14-11-8-7-9-12-14/h4-9,11-12,15-16H,1-3,10,13H2/t15-,16+/m0/s1. The molecule has 0 amide bonds. The predicted molar refractivity (Wildman–Crippen MR) is 80.1 cm³/mol. The van der Waals surface area contributed by atoms with Crippen LogP contribution in [0.15, 0.2) is 68.3 Å². The lowest BCUT2D eigenvalue weighted by atomic mass is 10.2. The van der Waals surface area contributed by atoms with E-state index in [9.17, 15) is 4.79 Å². The molecule has 20 heavy (non-hydrogen) atoms. The lowest BCUT2D eigenvalue weighted by Crippen LogP contribution is -2.30. The van der Waals surface area contributed by atoms with Crippen molar-refractivity contribution >= 4 is 5.97 Å². The Hall–Kier alpha value is -2.13. The van der Waals surface area contributed by atoms with Crippen LogP contribution in [0, 0.1) is 0 Å². The lowest BCUT2D eigenvalue weighted by molar-refractivity contribution is -0.151. The Morgan fingerprint density at radius 1 is 1.10 bits per heavy atom. The molecule has 1 rings (SSSR count). The summed E-state index contributed by atoms with van der Waals surface area (Å²) in [7, 11) is 0. The SMILES string of the molecule is C=CCC(=O)O[C@H](C=C)[C@H](C=C)OCc1ccccc1. The third kappa shape index (κ3) is 5.24. The molecule has 3 heteroatoms. The van der Waals surface area contributed by atoms with Gasteiger partial charge in [-0.05, 0) is 11.6 Å². The van der Waals surface area contributed by atoms with Crippen LogP contribution in [0.5, 0.6) is 0 Å². The van der Waals surface area contributed by atoms with E-state index in [1.54, 1.807) is 12.2 Å². The number of carbonyl (C=O) groups is 1. The van der Waals surface area contributed by atoms with Crippen LogP contribution in [-0.2, 0) is 20.9 Å². The molecule has 0 aliphatic carbocycles. The first kappa shape index (κ1) is 15.9. The summed E-state index contributed by atoms with van der Waals surface area (Å²) in [6, 6.07) is 9.76. The summed E-state index contributed by atoms with van der Waals surface area (Å²) in [4.78, 5) is 11.5. The van der Waals surface area contributed by atoms with Crippen molar-refractivity contribution in [3.05, 3.63) is 73.9 Å². The minimum absolute atomic E-state index is 0.160. The van der Waals surface area contributed by atoms with Crippen LogP contribution < -0.4 is 0 Å². The largest absolute Gasteiger partial charge is 0.455 e. The first-order chi connectivity index (χ1) is 9.71. The van der Waals surface area contributed by atoms with Gasteiger partial charge in [0.05, 0.1) is 13.0 Å². The molecular formula is C17H20O3. The monoisotopic (exact) mass is 272 g/mol. The van der Waals surface area contributed by atoms with Gasteiger partial charge in [0.1, 0.15) is 12.2 Å². The molecule has 0 spiro atoms. The number of hydrogen-bond acceptors (Lipinski definition) is 3. The van der Waals surface area contributed by atoms with Crippen LogP contribution >= 0.6 is 0 Å². The van der Waals surface area contributed by atoms with Gasteiger partial charge in [-0.25, -0.2) is 0 Å². The molecule has 1 aromatic carbocycles. The molecule has 2 atom stereocenters. The number of rotatable bonds is 9. The average Bonchev–Trinajstić information content (AvgIpc) is 2.48. The fourth-order valence-electron chi connectivity index (χ4n) is 1.63. The fourth-order valence-corrected chi connectivity index (χ4v) is 1.63. The van der Waals surface area contributed by atoms with Crippen LogP contribution in [0.1, 0.15) is 12.0 Å². The summed E-state index contributed by atoms with van der Waals surface area (Å²) in [6.45, 7) is 11.3. The maximum atomic E-state index is 11.5. The van der Waals surface area contributed by atoms with Gasteiger partial charge in [0, 0.05) is 0 Å². The Kier molecular flexibility index (Phi) is 7.07. The molecule has 0 bridgehead atoms. The van der Waals surface area contributed by atoms with E-state index < -0.39 is 12.2 Å². The second-order valence-corrected chi connectivity index (χ2v) is 4.18. The quantitative estimate of drug-likeness (QED) is 0.510. The van der Waals surface area contributed by atoms with Crippen molar-refractivity contribution < 1.29 is 14.3 Å². The highest BCUT2D eigenvalue weighted by atomic mass is 16.6. The van der Waals surface area contributed by atoms with Crippen molar-refractivity contribution in [3.8, 4) is 0 Å². The first-order valence-corrected chi connectivity index (χ1v) is 6.42. The third-order valence-corrected chi connectivity index (χ3v) is 2.65. The maximum absolute atomic E-state index is 11.5. The number of carbonyl (C=O) groups excluding carboxylic acids is 1. The minimum atomic E-state index is -0.552. The molecule has 3 nitrogen and oxygen atoms in total. The summed E-state index contributed by atoms with van der Waals surface area (Å²) in [6.07, 6.45) is 3.82. The maximum Gasteiger partial charge on any atom is 0.310 e. The predicted octanol–water partition coefficient (Wildman–Crippen LogP) is 3.43. The molecule has 0 aliphatic rings. The van der Waals surface area contributed by atoms with Crippen LogP contribution in [0.2, 0.25) is 0 Å². The summed E-state index contributed by atoms with van der Waals surface area (Å²) >= 11 is 0. The molecule has 0 aliphatic heterocycles. The molecule has 1 aromatic rings. The summed E-state index contributed by atoms with van der Waals surface area (Å²) < 4.78 is 11.0. The van der Waals surface area contributed by atoms with Gasteiger partial charge >= 0.3 is 5.97 Å². The Labute approximate surface area is 120 Å². The van der Waals surface area contributed by atoms with Gasteiger partial charge in [0.15, 0.2) is 0 Å². The highest BCUT2D eigenvalue weighted by Crippen LogP contribution is 2.12. The molecule has 0 aromatic heterocycles. The minimum Gasteiger partial charge on any atom is -0.455 e. The molecule has 0 saturated heterocycles. The van der Waals surface area contributed by atoms with Gasteiger partial charge in [-0.2, -0.15) is 0 Å². The van der Waals surface area contributed by atoms with Crippen molar-refractivity contribution in [3.63, 3.8) is 0 Å². The normalized spacial score (nSPS) is 13.0. The number of esters is 1. The fraction of sp³-hybridized carbons (Fsp3) is 0.235. The van der Waals surface area contributed by atoms with E-state index in [1.807, 2.05) is 30.3 Å². The van der Waals surface area contributed by atoms with Gasteiger partial charge < -0.3 is 9.47 Å². The summed E-state index contributed by atoms with van der Waals surface area (Å²) in [5, 5.41) is 0. The van der Waals surface area contributed by atoms with Crippen molar-refractivity contribution in [1.82, 2.24) is 0 Å². The molecule has 0 radical (unpaired) electrons. The smallest absolute Gasteiger partial charge is 0.310 e. The van der Waals surface area contributed by atoms with Crippen LogP contribution in [0.25, 0.3) is 0 Å². The van der Waals surface area contributed by atoms with Gasteiger partial charge in [-0.1, -0.05) is 49.1 Å². The molecule has 0 heterocycles. The van der Waals surface area contributed by atoms with E-state index in [0.29, 0.717) is 6.61 Å². The molecule has 0 N–H and O–H groups in total. The Bertz CT molecular complexity index is 451. The van der Waals surface area contributed by atoms with Gasteiger partial charge in [-0.3, -0.25) is 4.79 Å². The Balaban J connectivity index is 2.58. The van der Waals surface area contributed by atoms with E-state index in [-0.39, 0.29) is 12.4 Å². The summed E-state index contributed by atoms with van der Waals surface area (Å²) in [5.41, 5.74) is 1.04. The van der Waals surface area contributed by atoms with E-state index in [2.05, 4.69) is 19.7 Å². The molecular weight excluding hydrogens is 252 g/mol. The number of benzene rings is 1. The van der Waals surface area contributed by atoms with E-state index in [4.69, 9.17) is 9.47 Å². The second-order valence-electron chi connectivity index (χ2n) is 4.18. The average molecular weight is 272 g/mol. The highest BCUT2D eigenvalue weighted by Gasteiger charge is 2.20. The van der Waals surface area contributed by atoms with E-state index in [0.717, 1.165) is 5.56 Å². The zero-order chi connectivity index (χ0) is 14.8. The van der Waals surface area contributed by atoms with Gasteiger partial charge in [0.2, 0.25) is 0 Å². The highest BCUT2D eigenvalue weighted by molar-refractivity contribution is 5.71. The zero-order valence-corrected chi connectivity index (χ0v) is 11.5. The molecule has 106 valence electrons. The zero-order valence-electron chi connectivity index (χ0n) is 11.5. The van der Waals surface area contributed by atoms with E-state index in [1.165, 1.54) is 6.08 Å². The van der Waals surface area contributed by atoms with Gasteiger partial charge in [-0.15, -0.1) is 13.2 Å².